The fourth-order valence-electron chi connectivity index (χ4n) is 7.12. The summed E-state index contributed by atoms with van der Waals surface area (Å²) in [5.74, 6) is -0.706. The number of hydrogen-bond acceptors (Lipinski definition) is 19. The zero-order valence-electron chi connectivity index (χ0n) is 32.3. The number of nitrogens with two attached hydrogens (primary N) is 1. The van der Waals surface area contributed by atoms with E-state index in [1.54, 1.807) is 11.0 Å². The number of aryl methyl sites for hydroxylation is 2. The first-order chi connectivity index (χ1) is 28.8. The fraction of sp³-hybridized carbons (Fsp3) is 0.429. The lowest BCUT2D eigenvalue weighted by molar-refractivity contribution is -0.120. The molecule has 2 unspecified atom stereocenters. The van der Waals surface area contributed by atoms with Crippen LogP contribution in [0.3, 0.4) is 0 Å². The highest BCUT2D eigenvalue weighted by molar-refractivity contribution is 7.61. The maximum Gasteiger partial charge on any atom is 0.481 e. The number of carbonyl (C=O) groups excluding carboxylic acids is 2. The molecule has 328 valence electrons. The van der Waals surface area contributed by atoms with Crippen molar-refractivity contribution in [2.24, 2.45) is 4.99 Å². The third-order valence-corrected chi connectivity index (χ3v) is 13.0. The van der Waals surface area contributed by atoms with E-state index in [4.69, 9.17) is 15.0 Å². The van der Waals surface area contributed by atoms with Gasteiger partial charge >= 0.3 is 21.7 Å². The predicted molar refractivity (Wildman–Crippen MR) is 212 cm³/mol. The SMILES string of the molecule is Cc1cc2c(cc1C)N(CCc1ccccc1)[C@H]1C(=O)NC(=O)N=C1N2C[C@@H](O)[C@@H](O)[C@H](O)COP(=O)(O)OP(=O)(O)OC[C@H]1O[C@@H](n2cnc3c(N)ncnc32)[C@H](O)[C@@H]1O. The Bertz CT molecular complexity index is 2430. The molecule has 0 aliphatic carbocycles. The van der Waals surface area contributed by atoms with Crippen molar-refractivity contribution in [2.75, 3.05) is 41.8 Å². The molecule has 3 aliphatic heterocycles. The van der Waals surface area contributed by atoms with Crippen LogP contribution in [0, 0.1) is 13.8 Å². The Morgan fingerprint density at radius 1 is 0.934 bits per heavy atom. The number of β-amino-alcohol motifs (C(OH)–C–C–N with tert-alkyl or cyclic N) is 1. The van der Waals surface area contributed by atoms with Crippen LogP contribution in [0.1, 0.15) is 22.9 Å². The third-order valence-electron chi connectivity index (χ3n) is 10.4. The van der Waals surface area contributed by atoms with Crippen LogP contribution in [0.2, 0.25) is 0 Å². The number of anilines is 3. The molecular weight excluding hydrogens is 848 g/mol. The van der Waals surface area contributed by atoms with Crippen LogP contribution in [-0.4, -0.2) is 142 Å². The number of nitrogens with one attached hydrogen (secondary N) is 1. The molecule has 2 aromatic carbocycles. The smallest absolute Gasteiger partial charge is 0.388 e. The number of hydrogen-bond donors (Lipinski definition) is 9. The van der Waals surface area contributed by atoms with Crippen LogP contribution in [0.15, 0.2) is 60.1 Å². The zero-order valence-corrected chi connectivity index (χ0v) is 34.1. The summed E-state index contributed by atoms with van der Waals surface area (Å²) >= 11 is 0. The lowest BCUT2D eigenvalue weighted by atomic mass is 9.97. The monoisotopic (exact) mass is 891 g/mol. The molecule has 5 heterocycles. The van der Waals surface area contributed by atoms with Gasteiger partial charge < -0.3 is 55.6 Å². The number of phosphoric acid groups is 2. The molecule has 7 rings (SSSR count). The summed E-state index contributed by atoms with van der Waals surface area (Å²) in [6, 6.07) is 11.0. The van der Waals surface area contributed by atoms with E-state index in [-0.39, 0.29) is 22.8 Å². The number of nitrogen functional groups attached to an aromatic ring is 1. The quantitative estimate of drug-likeness (QED) is 0.0644. The highest BCUT2D eigenvalue weighted by atomic mass is 31.3. The first kappa shape index (κ1) is 44.3. The number of amides is 3. The lowest BCUT2D eigenvalue weighted by Gasteiger charge is -2.46. The topological polar surface area (TPSA) is 347 Å². The number of imide groups is 1. The minimum atomic E-state index is -5.57. The van der Waals surface area contributed by atoms with Gasteiger partial charge in [-0.2, -0.15) is 9.30 Å². The molecule has 1 fully saturated rings. The Morgan fingerprint density at radius 2 is 1.62 bits per heavy atom. The van der Waals surface area contributed by atoms with E-state index in [0.29, 0.717) is 24.3 Å². The van der Waals surface area contributed by atoms with Crippen molar-refractivity contribution in [1.29, 1.82) is 0 Å². The van der Waals surface area contributed by atoms with Gasteiger partial charge in [0.05, 0.1) is 37.5 Å². The molecule has 3 aliphatic rings. The summed E-state index contributed by atoms with van der Waals surface area (Å²) in [4.78, 5) is 65.6. The minimum Gasteiger partial charge on any atom is -0.388 e. The average molecular weight is 892 g/mol. The number of nitrogens with zero attached hydrogens (tertiary/aromatic N) is 7. The molecule has 2 aromatic heterocycles. The number of carbonyl (C=O) groups is 2. The highest BCUT2D eigenvalue weighted by Crippen LogP contribution is 2.60. The number of fused-ring (bicyclic) bond motifs is 3. The predicted octanol–water partition coefficient (Wildman–Crippen LogP) is -0.436. The first-order valence-electron chi connectivity index (χ1n) is 18.6. The van der Waals surface area contributed by atoms with Gasteiger partial charge in [0, 0.05) is 6.54 Å². The van der Waals surface area contributed by atoms with Gasteiger partial charge in [-0.25, -0.2) is 28.9 Å². The van der Waals surface area contributed by atoms with E-state index < -0.39 is 96.2 Å². The summed E-state index contributed by atoms with van der Waals surface area (Å²) in [6.45, 7) is 1.29. The van der Waals surface area contributed by atoms with Crippen LogP contribution >= 0.6 is 15.6 Å². The van der Waals surface area contributed by atoms with E-state index in [2.05, 4.69) is 34.1 Å². The number of phosphoric ester groups is 2. The molecule has 0 saturated carbocycles. The third kappa shape index (κ3) is 9.37. The molecular formula is C35H43N9O15P2. The lowest BCUT2D eigenvalue weighted by Crippen LogP contribution is -2.65. The van der Waals surface area contributed by atoms with Gasteiger partial charge in [-0.1, -0.05) is 30.3 Å². The van der Waals surface area contributed by atoms with E-state index in [1.165, 1.54) is 15.8 Å². The number of aliphatic hydroxyl groups is 5. The Hall–Kier alpha value is -4.78. The van der Waals surface area contributed by atoms with Gasteiger partial charge in [0.25, 0.3) is 5.91 Å². The van der Waals surface area contributed by atoms with Crippen molar-refractivity contribution in [2.45, 2.75) is 69.2 Å². The number of rotatable bonds is 16. The molecule has 61 heavy (non-hydrogen) atoms. The maximum atomic E-state index is 13.4. The summed E-state index contributed by atoms with van der Waals surface area (Å²) in [5.41, 5.74) is 9.75. The molecule has 24 nitrogen and oxygen atoms in total. The van der Waals surface area contributed by atoms with Crippen LogP contribution in [0.25, 0.3) is 11.2 Å². The standard InChI is InChI=1S/C35H43N9O15P2/c1-17-10-20-21(11-18(17)2)43(32-26(33(50)41-35(51)40-32)42(20)9-8-19-6-4-3-5-7-19)12-22(45)27(47)23(46)13-56-60(52,53)59-61(54,55)57-14-24-28(48)29(49)34(58-24)44-16-39-25-30(36)37-15-38-31(25)44/h3-7,10-11,15-16,22-24,26-29,34,45-49H,8-9,12-14H2,1-2H3,(H,52,53)(H,54,55)(H2,36,37,38)(H,41,50,51)/t22-,23-,24-,26-,27-,28-,29-,34-/m1/s1. The minimum absolute atomic E-state index is 0.0304. The number of urea groups is 1. The van der Waals surface area contributed by atoms with E-state index >= 15 is 0 Å². The second-order valence-corrected chi connectivity index (χ2v) is 17.5. The van der Waals surface area contributed by atoms with Crippen molar-refractivity contribution in [3.8, 4) is 0 Å². The van der Waals surface area contributed by atoms with Crippen molar-refractivity contribution in [1.82, 2.24) is 24.8 Å². The van der Waals surface area contributed by atoms with Crippen LogP contribution in [0.4, 0.5) is 22.0 Å². The summed E-state index contributed by atoms with van der Waals surface area (Å²) < 4.78 is 45.9. The number of ether oxygens (including phenoxy) is 1. The summed E-state index contributed by atoms with van der Waals surface area (Å²) in [7, 11) is -11.1. The zero-order chi connectivity index (χ0) is 44.0. The second-order valence-electron chi connectivity index (χ2n) is 14.5. The van der Waals surface area contributed by atoms with Crippen molar-refractivity contribution < 1.29 is 72.1 Å². The molecule has 0 bridgehead atoms. The molecule has 26 heteroatoms. The van der Waals surface area contributed by atoms with Gasteiger partial charge in [0.2, 0.25) is 0 Å². The number of amidine groups is 1. The number of aliphatic imine (C=N–C) groups is 1. The fourth-order valence-corrected chi connectivity index (χ4v) is 9.22. The molecule has 3 amide bonds. The van der Waals surface area contributed by atoms with E-state index in [9.17, 15) is 54.0 Å². The Balaban J connectivity index is 0.981. The molecule has 10 N–H and O–H groups in total. The Morgan fingerprint density at radius 3 is 2.34 bits per heavy atom. The molecule has 10 atom stereocenters. The second kappa shape index (κ2) is 17.5. The normalized spacial score (nSPS) is 24.9. The summed E-state index contributed by atoms with van der Waals surface area (Å²) in [6.07, 6.45) is -9.42. The van der Waals surface area contributed by atoms with Gasteiger partial charge in [-0.3, -0.25) is 23.7 Å². The van der Waals surface area contributed by atoms with Gasteiger partial charge in [-0.05, 0) is 49.1 Å². The number of aromatic nitrogens is 4. The first-order valence-corrected chi connectivity index (χ1v) is 21.6. The van der Waals surface area contributed by atoms with Crippen molar-refractivity contribution >= 4 is 61.8 Å². The average Bonchev–Trinajstić information content (AvgIpc) is 3.76. The van der Waals surface area contributed by atoms with Crippen LogP contribution < -0.4 is 20.9 Å². The molecule has 1 saturated heterocycles. The highest BCUT2D eigenvalue weighted by Gasteiger charge is 2.48. The molecule has 0 radical (unpaired) electrons. The van der Waals surface area contributed by atoms with Gasteiger partial charge in [0.15, 0.2) is 23.7 Å². The van der Waals surface area contributed by atoms with E-state index in [1.807, 2.05) is 50.2 Å². The van der Waals surface area contributed by atoms with Crippen molar-refractivity contribution in [3.63, 3.8) is 0 Å². The number of benzene rings is 2. The number of imidazole rings is 1. The van der Waals surface area contributed by atoms with Crippen LogP contribution in [0.5, 0.6) is 0 Å². The molecule has 4 aromatic rings. The molecule has 0 spiro atoms. The van der Waals surface area contributed by atoms with E-state index in [0.717, 1.165) is 23.0 Å². The number of aliphatic hydroxyl groups excluding tert-OH is 5. The van der Waals surface area contributed by atoms with Crippen LogP contribution in [-0.2, 0) is 38.4 Å². The Kier molecular flexibility index (Phi) is 12.7. The van der Waals surface area contributed by atoms with Gasteiger partial charge in [-0.15, -0.1) is 0 Å². The largest absolute Gasteiger partial charge is 0.481 e. The summed E-state index contributed by atoms with van der Waals surface area (Å²) in [5, 5.41) is 56.3. The Labute approximate surface area is 346 Å². The van der Waals surface area contributed by atoms with Gasteiger partial charge in [0.1, 0.15) is 54.3 Å². The maximum absolute atomic E-state index is 13.4. The van der Waals surface area contributed by atoms with Crippen molar-refractivity contribution in [3.05, 3.63) is 71.8 Å².